The van der Waals surface area contributed by atoms with E-state index in [0.29, 0.717) is 43.2 Å². The van der Waals surface area contributed by atoms with Crippen molar-refractivity contribution < 1.29 is 19.4 Å². The highest BCUT2D eigenvalue weighted by molar-refractivity contribution is 8.00. The Kier molecular flexibility index (Phi) is 7.58. The predicted molar refractivity (Wildman–Crippen MR) is 156 cm³/mol. The number of hydrogen-bond acceptors (Lipinski definition) is 8. The van der Waals surface area contributed by atoms with E-state index in [0.717, 1.165) is 16.8 Å². The number of benzene rings is 3. The summed E-state index contributed by atoms with van der Waals surface area (Å²) in [6.07, 6.45) is 0.658. The number of morpholine rings is 1. The van der Waals surface area contributed by atoms with Crippen molar-refractivity contribution in [1.82, 2.24) is 4.90 Å². The van der Waals surface area contributed by atoms with Crippen molar-refractivity contribution in [2.24, 2.45) is 5.92 Å². The molecule has 0 unspecified atom stereocenters. The van der Waals surface area contributed by atoms with Gasteiger partial charge in [0, 0.05) is 42.5 Å². The van der Waals surface area contributed by atoms with Gasteiger partial charge in [-0.3, -0.25) is 25.0 Å². The van der Waals surface area contributed by atoms with Gasteiger partial charge in [0.1, 0.15) is 0 Å². The molecule has 2 fully saturated rings. The van der Waals surface area contributed by atoms with Gasteiger partial charge in [-0.05, 0) is 35.6 Å². The third kappa shape index (κ3) is 5.13. The quantitative estimate of drug-likeness (QED) is 0.209. The third-order valence-corrected chi connectivity index (χ3v) is 10.3. The summed E-state index contributed by atoms with van der Waals surface area (Å²) < 4.78 is 5.43. The van der Waals surface area contributed by atoms with Crippen LogP contribution in [0.1, 0.15) is 39.9 Å². The smallest absolute Gasteiger partial charge is 0.282 e. The highest BCUT2D eigenvalue weighted by Crippen LogP contribution is 2.58. The van der Waals surface area contributed by atoms with Crippen LogP contribution >= 0.6 is 23.4 Å². The number of ether oxygens (including phenoxy) is 1. The summed E-state index contributed by atoms with van der Waals surface area (Å²) in [5, 5.41) is 26.1. The lowest BCUT2D eigenvalue weighted by Gasteiger charge is -2.39. The number of nitro benzene ring substituents is 2. The zero-order valence-electron chi connectivity index (χ0n) is 21.9. The number of halogens is 1. The van der Waals surface area contributed by atoms with E-state index in [-0.39, 0.29) is 50.7 Å². The van der Waals surface area contributed by atoms with E-state index < -0.39 is 4.92 Å². The Bertz CT molecular complexity index is 1500. The Morgan fingerprint density at radius 3 is 2.41 bits per heavy atom. The molecule has 0 bridgehead atoms. The van der Waals surface area contributed by atoms with Gasteiger partial charge in [0.2, 0.25) is 0 Å². The van der Waals surface area contributed by atoms with Gasteiger partial charge in [0.05, 0.1) is 50.6 Å². The average Bonchev–Trinajstić information content (AvgIpc) is 3.32. The molecule has 2 heterocycles. The normalized spacial score (nSPS) is 25.1. The van der Waals surface area contributed by atoms with E-state index in [1.54, 1.807) is 35.2 Å². The molecule has 1 saturated heterocycles. The molecular weight excluding hydrogens is 568 g/mol. The van der Waals surface area contributed by atoms with Gasteiger partial charge in [-0.1, -0.05) is 36.4 Å². The number of nitrogens with zero attached hydrogens (tertiary/aromatic N) is 3. The lowest BCUT2D eigenvalue weighted by Crippen LogP contribution is -2.41. The molecule has 3 aromatic rings. The van der Waals surface area contributed by atoms with Crippen molar-refractivity contribution >= 4 is 46.3 Å². The Balaban J connectivity index is 1.40. The van der Waals surface area contributed by atoms with Gasteiger partial charge >= 0.3 is 0 Å². The van der Waals surface area contributed by atoms with Crippen molar-refractivity contribution in [3.8, 4) is 0 Å². The fourth-order valence-corrected chi connectivity index (χ4v) is 8.21. The zero-order valence-corrected chi connectivity index (χ0v) is 23.4. The fraction of sp³-hybridized carbons (Fsp3) is 0.345. The van der Waals surface area contributed by atoms with E-state index in [9.17, 15) is 25.0 Å². The van der Waals surface area contributed by atoms with E-state index in [1.165, 1.54) is 30.0 Å². The first-order valence-corrected chi connectivity index (χ1v) is 14.7. The molecule has 212 valence electrons. The Morgan fingerprint density at radius 1 is 0.976 bits per heavy atom. The molecule has 0 spiro atoms. The number of non-ortho nitro benzene ring substituents is 1. The van der Waals surface area contributed by atoms with E-state index in [2.05, 4.69) is 5.32 Å². The number of carbonyl (C=O) groups is 1. The standard InChI is InChI=1S/C29H27ClN4O6S/c30-26-24(41-23-7-2-1-6-22(23)34(38)39)16-21-25(26)19-4-3-5-20(29(35)32-12-14-40-15-13-32)28(19)31-27(21)17-8-10-18(11-9-17)33(36)37/h1-11,21,24-27,31H,12-16H2/t21-,24+,25+,26+,27-/m1/s1. The summed E-state index contributed by atoms with van der Waals surface area (Å²) in [5.41, 5.74) is 3.10. The van der Waals surface area contributed by atoms with Crippen LogP contribution in [-0.2, 0) is 4.74 Å². The molecule has 1 aliphatic carbocycles. The summed E-state index contributed by atoms with van der Waals surface area (Å²) in [7, 11) is 0. The predicted octanol–water partition coefficient (Wildman–Crippen LogP) is 6.01. The summed E-state index contributed by atoms with van der Waals surface area (Å²) in [4.78, 5) is 38.2. The second-order valence-corrected chi connectivity index (χ2v) is 12.2. The number of amides is 1. The molecule has 6 rings (SSSR count). The molecule has 0 radical (unpaired) electrons. The van der Waals surface area contributed by atoms with Crippen LogP contribution in [0.2, 0.25) is 0 Å². The second kappa shape index (κ2) is 11.3. The maximum Gasteiger partial charge on any atom is 0.282 e. The van der Waals surface area contributed by atoms with Crippen LogP contribution in [0.15, 0.2) is 71.6 Å². The Labute approximate surface area is 245 Å². The molecule has 12 heteroatoms. The molecule has 10 nitrogen and oxygen atoms in total. The van der Waals surface area contributed by atoms with Gasteiger partial charge in [-0.25, -0.2) is 0 Å². The van der Waals surface area contributed by atoms with E-state index >= 15 is 0 Å². The number of nitrogens with one attached hydrogen (secondary N) is 1. The number of para-hydroxylation sites is 2. The van der Waals surface area contributed by atoms with Gasteiger partial charge in [-0.2, -0.15) is 0 Å². The topological polar surface area (TPSA) is 128 Å². The minimum absolute atomic E-state index is 0.00356. The Hall–Kier alpha value is -3.67. The SMILES string of the molecule is O=C(c1cccc2c1N[C@H](c1ccc([N+](=O)[O-])cc1)[C@@H]1C[C@H](Sc3ccccc3[N+](=O)[O-])[C@H](Cl)[C@@H]21)N1CCOCC1. The minimum atomic E-state index is -0.431. The molecule has 0 aromatic heterocycles. The number of rotatable bonds is 6. The van der Waals surface area contributed by atoms with Crippen molar-refractivity contribution in [1.29, 1.82) is 0 Å². The lowest BCUT2D eigenvalue weighted by molar-refractivity contribution is -0.387. The van der Waals surface area contributed by atoms with E-state index in [4.69, 9.17) is 16.3 Å². The van der Waals surface area contributed by atoms with Crippen LogP contribution in [0, 0.1) is 26.1 Å². The molecule has 1 N–H and O–H groups in total. The number of carbonyl (C=O) groups excluding carboxylic acids is 1. The second-order valence-electron chi connectivity index (χ2n) is 10.4. The summed E-state index contributed by atoms with van der Waals surface area (Å²) in [6, 6.07) is 18.5. The maximum atomic E-state index is 13.7. The highest BCUT2D eigenvalue weighted by Gasteiger charge is 2.51. The van der Waals surface area contributed by atoms with Crippen LogP contribution in [-0.4, -0.2) is 57.6 Å². The zero-order chi connectivity index (χ0) is 28.7. The third-order valence-electron chi connectivity index (χ3n) is 8.18. The van der Waals surface area contributed by atoms with Crippen molar-refractivity contribution in [3.63, 3.8) is 0 Å². The molecule has 3 aliphatic rings. The van der Waals surface area contributed by atoms with Gasteiger partial charge in [0.25, 0.3) is 17.3 Å². The number of hydrogen-bond donors (Lipinski definition) is 1. The van der Waals surface area contributed by atoms with Crippen molar-refractivity contribution in [2.45, 2.75) is 33.9 Å². The first-order valence-electron chi connectivity index (χ1n) is 13.4. The Morgan fingerprint density at radius 2 is 1.71 bits per heavy atom. The van der Waals surface area contributed by atoms with Crippen LogP contribution in [0.3, 0.4) is 0 Å². The van der Waals surface area contributed by atoms with Gasteiger partial charge < -0.3 is 15.0 Å². The first-order chi connectivity index (χ1) is 19.8. The van der Waals surface area contributed by atoms with E-state index in [1.807, 2.05) is 18.2 Å². The fourth-order valence-electron chi connectivity index (χ4n) is 6.26. The molecule has 3 aromatic carbocycles. The minimum Gasteiger partial charge on any atom is -0.378 e. The highest BCUT2D eigenvalue weighted by atomic mass is 35.5. The largest absolute Gasteiger partial charge is 0.378 e. The molecule has 5 atom stereocenters. The maximum absolute atomic E-state index is 13.7. The molecule has 1 saturated carbocycles. The first kappa shape index (κ1) is 27.5. The van der Waals surface area contributed by atoms with Crippen LogP contribution < -0.4 is 5.32 Å². The number of anilines is 1. The molecule has 2 aliphatic heterocycles. The number of nitro groups is 2. The summed E-state index contributed by atoms with van der Waals surface area (Å²) in [5.74, 6) is -0.250. The number of fused-ring (bicyclic) bond motifs is 3. The molecule has 41 heavy (non-hydrogen) atoms. The van der Waals surface area contributed by atoms with Crippen LogP contribution in [0.25, 0.3) is 0 Å². The molecule has 1 amide bonds. The molecular formula is C29H27ClN4O6S. The number of alkyl halides is 1. The van der Waals surface area contributed by atoms with Gasteiger partial charge in [0.15, 0.2) is 0 Å². The van der Waals surface area contributed by atoms with Gasteiger partial charge in [-0.15, -0.1) is 23.4 Å². The monoisotopic (exact) mass is 594 g/mol. The van der Waals surface area contributed by atoms with Crippen LogP contribution in [0.4, 0.5) is 17.1 Å². The van der Waals surface area contributed by atoms with Crippen LogP contribution in [0.5, 0.6) is 0 Å². The average molecular weight is 595 g/mol. The summed E-state index contributed by atoms with van der Waals surface area (Å²) >= 11 is 8.65. The number of thioether (sulfide) groups is 1. The van der Waals surface area contributed by atoms with Crippen molar-refractivity contribution in [3.05, 3.63) is 104 Å². The lowest BCUT2D eigenvalue weighted by atomic mass is 9.76. The summed E-state index contributed by atoms with van der Waals surface area (Å²) in [6.45, 7) is 1.98. The van der Waals surface area contributed by atoms with Crippen molar-refractivity contribution in [2.75, 3.05) is 31.6 Å².